The van der Waals surface area contributed by atoms with Gasteiger partial charge in [-0.25, -0.2) is 9.37 Å². The Balaban J connectivity index is 2.13. The Labute approximate surface area is 124 Å². The summed E-state index contributed by atoms with van der Waals surface area (Å²) in [5.41, 5.74) is 0.726. The zero-order valence-electron chi connectivity index (χ0n) is 11.0. The van der Waals surface area contributed by atoms with E-state index in [1.807, 2.05) is 0 Å². The third-order valence-corrected chi connectivity index (χ3v) is 3.50. The van der Waals surface area contributed by atoms with Gasteiger partial charge in [-0.2, -0.15) is 0 Å². The summed E-state index contributed by atoms with van der Waals surface area (Å²) >= 11 is 6.10. The molecule has 4 nitrogen and oxygen atoms in total. The fourth-order valence-corrected chi connectivity index (χ4v) is 2.40. The number of methoxy groups -OCH3 is 1. The molecular formula is C15H10ClFN2O2. The van der Waals surface area contributed by atoms with Crippen LogP contribution < -0.4 is 4.74 Å². The predicted molar refractivity (Wildman–Crippen MR) is 77.5 cm³/mol. The van der Waals surface area contributed by atoms with Gasteiger partial charge < -0.3 is 9.72 Å². The van der Waals surface area contributed by atoms with Crippen molar-refractivity contribution in [2.45, 2.75) is 0 Å². The maximum atomic E-state index is 14.0. The summed E-state index contributed by atoms with van der Waals surface area (Å²) in [5, 5.41) is 0.873. The lowest BCUT2D eigenvalue weighted by atomic mass is 10.0. The Bertz CT molecular complexity index is 845. The molecule has 0 saturated carbocycles. The van der Waals surface area contributed by atoms with E-state index in [-0.39, 0.29) is 11.1 Å². The molecule has 0 spiro atoms. The number of nitrogens with zero attached hydrogens (tertiary/aromatic N) is 1. The van der Waals surface area contributed by atoms with Gasteiger partial charge >= 0.3 is 0 Å². The zero-order chi connectivity index (χ0) is 15.0. The fourth-order valence-electron chi connectivity index (χ4n) is 2.15. The van der Waals surface area contributed by atoms with Crippen LogP contribution in [0.4, 0.5) is 4.39 Å². The van der Waals surface area contributed by atoms with E-state index in [4.69, 9.17) is 16.3 Å². The van der Waals surface area contributed by atoms with E-state index in [0.29, 0.717) is 21.8 Å². The molecule has 0 radical (unpaired) electrons. The molecule has 0 saturated heterocycles. The Morgan fingerprint density at radius 1 is 1.33 bits per heavy atom. The summed E-state index contributed by atoms with van der Waals surface area (Å²) in [4.78, 5) is 19.4. The topological polar surface area (TPSA) is 55.0 Å². The van der Waals surface area contributed by atoms with Gasteiger partial charge in [0.15, 0.2) is 5.78 Å². The molecule has 0 amide bonds. The van der Waals surface area contributed by atoms with Crippen molar-refractivity contribution in [1.82, 2.24) is 9.97 Å². The summed E-state index contributed by atoms with van der Waals surface area (Å²) in [6.45, 7) is 0. The van der Waals surface area contributed by atoms with Gasteiger partial charge in [0, 0.05) is 23.8 Å². The number of hydrogen-bond donors (Lipinski definition) is 1. The van der Waals surface area contributed by atoms with Crippen molar-refractivity contribution in [3.8, 4) is 5.75 Å². The monoisotopic (exact) mass is 304 g/mol. The van der Waals surface area contributed by atoms with E-state index < -0.39 is 11.6 Å². The lowest BCUT2D eigenvalue weighted by molar-refractivity contribution is 0.103. The number of rotatable bonds is 3. The number of benzene rings is 1. The van der Waals surface area contributed by atoms with Crippen molar-refractivity contribution < 1.29 is 13.9 Å². The average Bonchev–Trinajstić information content (AvgIpc) is 2.92. The lowest BCUT2D eigenvalue weighted by Gasteiger charge is -2.05. The molecular weight excluding hydrogens is 295 g/mol. The van der Waals surface area contributed by atoms with Gasteiger partial charge in [0.25, 0.3) is 0 Å². The first-order chi connectivity index (χ1) is 10.1. The Hall–Kier alpha value is -2.40. The molecule has 0 fully saturated rings. The van der Waals surface area contributed by atoms with E-state index in [9.17, 15) is 9.18 Å². The van der Waals surface area contributed by atoms with Crippen LogP contribution in [0.1, 0.15) is 15.9 Å². The van der Waals surface area contributed by atoms with Gasteiger partial charge in [0.05, 0.1) is 23.3 Å². The number of fused-ring (bicyclic) bond motifs is 1. The molecule has 1 N–H and O–H groups in total. The highest BCUT2D eigenvalue weighted by atomic mass is 35.5. The lowest BCUT2D eigenvalue weighted by Crippen LogP contribution is -2.04. The molecule has 0 unspecified atom stereocenters. The minimum Gasteiger partial charge on any atom is -0.497 e. The van der Waals surface area contributed by atoms with E-state index in [1.54, 1.807) is 6.07 Å². The first kappa shape index (κ1) is 13.6. The maximum absolute atomic E-state index is 14.0. The second kappa shape index (κ2) is 5.18. The zero-order valence-corrected chi connectivity index (χ0v) is 11.7. The number of hydrogen-bond acceptors (Lipinski definition) is 3. The van der Waals surface area contributed by atoms with Crippen LogP contribution in [-0.2, 0) is 0 Å². The van der Waals surface area contributed by atoms with Crippen LogP contribution in [0, 0.1) is 5.82 Å². The number of carbonyl (C=O) groups excluding carboxylic acids is 1. The van der Waals surface area contributed by atoms with Gasteiger partial charge in [0.1, 0.15) is 17.2 Å². The van der Waals surface area contributed by atoms with E-state index >= 15 is 0 Å². The number of ketones is 1. The van der Waals surface area contributed by atoms with Crippen LogP contribution in [0.5, 0.6) is 5.75 Å². The summed E-state index contributed by atoms with van der Waals surface area (Å²) in [6.07, 6.45) is 3.01. The highest BCUT2D eigenvalue weighted by molar-refractivity contribution is 6.37. The minimum absolute atomic E-state index is 0.0448. The van der Waals surface area contributed by atoms with Gasteiger partial charge in [-0.15, -0.1) is 0 Å². The van der Waals surface area contributed by atoms with Gasteiger partial charge in [-0.1, -0.05) is 11.6 Å². The normalized spacial score (nSPS) is 10.8. The van der Waals surface area contributed by atoms with Crippen LogP contribution in [0.15, 0.2) is 36.7 Å². The van der Waals surface area contributed by atoms with Crippen LogP contribution in [-0.4, -0.2) is 22.9 Å². The molecule has 21 heavy (non-hydrogen) atoms. The predicted octanol–water partition coefficient (Wildman–Crippen LogP) is 3.60. The minimum atomic E-state index is -0.645. The summed E-state index contributed by atoms with van der Waals surface area (Å²) in [7, 11) is 1.43. The largest absolute Gasteiger partial charge is 0.497 e. The van der Waals surface area contributed by atoms with Crippen LogP contribution in [0.3, 0.4) is 0 Å². The molecule has 0 aliphatic rings. The van der Waals surface area contributed by atoms with E-state index in [0.717, 1.165) is 0 Å². The van der Waals surface area contributed by atoms with Crippen molar-refractivity contribution in [3.63, 3.8) is 0 Å². The number of aromatic amines is 1. The molecule has 0 aliphatic carbocycles. The molecule has 1 aromatic carbocycles. The van der Waals surface area contributed by atoms with Crippen molar-refractivity contribution in [3.05, 3.63) is 58.6 Å². The number of carbonyl (C=O) groups is 1. The number of ether oxygens (including phenoxy) is 1. The second-order valence-corrected chi connectivity index (χ2v) is 4.80. The first-order valence-corrected chi connectivity index (χ1v) is 6.49. The van der Waals surface area contributed by atoms with Crippen molar-refractivity contribution in [1.29, 1.82) is 0 Å². The third-order valence-electron chi connectivity index (χ3n) is 3.19. The first-order valence-electron chi connectivity index (χ1n) is 6.11. The molecule has 3 rings (SSSR count). The molecule has 0 atom stereocenters. The molecule has 6 heteroatoms. The molecule has 2 aromatic heterocycles. The number of H-pyrrole nitrogens is 1. The highest BCUT2D eigenvalue weighted by Crippen LogP contribution is 2.28. The standard InChI is InChI=1S/C15H10ClFN2O2/c1-21-8-2-3-9(12(17)6-8)14(20)10-7-19-15-13(10)11(16)4-5-18-15/h2-7H,1H3,(H,18,19). The summed E-state index contributed by atoms with van der Waals surface area (Å²) < 4.78 is 18.9. The number of aromatic nitrogens is 2. The third kappa shape index (κ3) is 2.25. The Morgan fingerprint density at radius 3 is 2.86 bits per heavy atom. The average molecular weight is 305 g/mol. The van der Waals surface area contributed by atoms with Crippen LogP contribution in [0.25, 0.3) is 11.0 Å². The SMILES string of the molecule is COc1ccc(C(=O)c2c[nH]c3nccc(Cl)c23)c(F)c1. The molecule has 2 heterocycles. The van der Waals surface area contributed by atoms with Gasteiger partial charge in [0.2, 0.25) is 0 Å². The van der Waals surface area contributed by atoms with Crippen molar-refractivity contribution >= 4 is 28.4 Å². The Morgan fingerprint density at radius 2 is 2.14 bits per heavy atom. The molecule has 0 bridgehead atoms. The highest BCUT2D eigenvalue weighted by Gasteiger charge is 2.20. The van der Waals surface area contributed by atoms with Crippen LogP contribution >= 0.6 is 11.6 Å². The van der Waals surface area contributed by atoms with E-state index in [2.05, 4.69) is 9.97 Å². The quantitative estimate of drug-likeness (QED) is 0.752. The van der Waals surface area contributed by atoms with Gasteiger partial charge in [-0.05, 0) is 18.2 Å². The number of halogens is 2. The van der Waals surface area contributed by atoms with Crippen LogP contribution in [0.2, 0.25) is 5.02 Å². The second-order valence-electron chi connectivity index (χ2n) is 4.39. The van der Waals surface area contributed by atoms with Crippen molar-refractivity contribution in [2.24, 2.45) is 0 Å². The number of pyridine rings is 1. The van der Waals surface area contributed by atoms with E-state index in [1.165, 1.54) is 37.7 Å². The summed E-state index contributed by atoms with van der Waals surface area (Å²) in [5.74, 6) is -0.757. The molecule has 3 aromatic rings. The maximum Gasteiger partial charge on any atom is 0.198 e. The molecule has 106 valence electrons. The molecule has 0 aliphatic heterocycles. The summed E-state index contributed by atoms with van der Waals surface area (Å²) in [6, 6.07) is 5.67. The fraction of sp³-hybridized carbons (Fsp3) is 0.0667. The Kier molecular flexibility index (Phi) is 3.35. The smallest absolute Gasteiger partial charge is 0.198 e. The van der Waals surface area contributed by atoms with Crippen molar-refractivity contribution in [2.75, 3.05) is 7.11 Å². The number of nitrogens with one attached hydrogen (secondary N) is 1. The van der Waals surface area contributed by atoms with Gasteiger partial charge in [-0.3, -0.25) is 4.79 Å².